The molecule has 0 aromatic heterocycles. The Morgan fingerprint density at radius 3 is 2.56 bits per heavy atom. The standard InChI is InChI=1S/C24H21BrCl2N2O3/c1-14-5-7-18(11-20(14)27)29-23(30)13-32-24-19(25)8-16(9-22(24)31-3)12-28-21-10-17(26)6-4-15(21)2/h4-12H,13H2,1-3H3,(H,29,30). The lowest BCUT2D eigenvalue weighted by Crippen LogP contribution is -2.20. The molecule has 0 radical (unpaired) electrons. The normalized spacial score (nSPS) is 10.9. The Hall–Kier alpha value is -2.54. The van der Waals surface area contributed by atoms with Gasteiger partial charge in [-0.3, -0.25) is 9.79 Å². The Morgan fingerprint density at radius 2 is 1.84 bits per heavy atom. The fraction of sp³-hybridized carbons (Fsp3) is 0.167. The molecule has 0 atom stereocenters. The molecule has 166 valence electrons. The van der Waals surface area contributed by atoms with Gasteiger partial charge in [-0.05, 0) is 82.9 Å². The van der Waals surface area contributed by atoms with Gasteiger partial charge in [-0.1, -0.05) is 35.3 Å². The highest BCUT2D eigenvalue weighted by Gasteiger charge is 2.14. The number of nitrogens with zero attached hydrogens (tertiary/aromatic N) is 1. The van der Waals surface area contributed by atoms with Gasteiger partial charge in [-0.2, -0.15) is 0 Å². The van der Waals surface area contributed by atoms with Gasteiger partial charge in [0.15, 0.2) is 18.1 Å². The van der Waals surface area contributed by atoms with Crippen molar-refractivity contribution in [3.05, 3.63) is 79.7 Å². The Labute approximate surface area is 205 Å². The number of ether oxygens (including phenoxy) is 2. The number of benzene rings is 3. The topological polar surface area (TPSA) is 59.9 Å². The molecule has 0 bridgehead atoms. The molecule has 0 spiro atoms. The number of nitrogens with one attached hydrogen (secondary N) is 1. The third kappa shape index (κ3) is 6.25. The lowest BCUT2D eigenvalue weighted by molar-refractivity contribution is -0.118. The average molecular weight is 536 g/mol. The van der Waals surface area contributed by atoms with Gasteiger partial charge in [-0.25, -0.2) is 0 Å². The molecular weight excluding hydrogens is 515 g/mol. The molecule has 8 heteroatoms. The van der Waals surface area contributed by atoms with Crippen LogP contribution in [0.15, 0.2) is 58.0 Å². The Balaban J connectivity index is 1.72. The number of halogens is 3. The molecular formula is C24H21BrCl2N2O3. The van der Waals surface area contributed by atoms with E-state index in [2.05, 4.69) is 26.2 Å². The van der Waals surface area contributed by atoms with E-state index < -0.39 is 0 Å². The zero-order chi connectivity index (χ0) is 23.3. The minimum atomic E-state index is -0.319. The number of hydrogen-bond donors (Lipinski definition) is 1. The Bertz CT molecular complexity index is 1180. The molecule has 0 aliphatic carbocycles. The maximum absolute atomic E-state index is 12.3. The van der Waals surface area contributed by atoms with Crippen LogP contribution in [0, 0.1) is 13.8 Å². The van der Waals surface area contributed by atoms with Crippen LogP contribution in [0.4, 0.5) is 11.4 Å². The van der Waals surface area contributed by atoms with E-state index in [0.29, 0.717) is 31.7 Å². The zero-order valence-corrected chi connectivity index (χ0v) is 20.8. The van der Waals surface area contributed by atoms with Gasteiger partial charge in [0, 0.05) is 21.9 Å². The number of methoxy groups -OCH3 is 1. The van der Waals surface area contributed by atoms with Crippen LogP contribution >= 0.6 is 39.1 Å². The summed E-state index contributed by atoms with van der Waals surface area (Å²) < 4.78 is 11.8. The van der Waals surface area contributed by atoms with E-state index in [9.17, 15) is 4.79 Å². The first-order valence-corrected chi connectivity index (χ1v) is 11.2. The zero-order valence-electron chi connectivity index (χ0n) is 17.7. The van der Waals surface area contributed by atoms with Crippen LogP contribution in [-0.2, 0) is 4.79 Å². The fourth-order valence-electron chi connectivity index (χ4n) is 2.83. The lowest BCUT2D eigenvalue weighted by atomic mass is 10.2. The van der Waals surface area contributed by atoms with Gasteiger partial charge >= 0.3 is 0 Å². The highest BCUT2D eigenvalue weighted by Crippen LogP contribution is 2.36. The van der Waals surface area contributed by atoms with Crippen molar-refractivity contribution in [2.24, 2.45) is 4.99 Å². The molecule has 0 heterocycles. The summed E-state index contributed by atoms with van der Waals surface area (Å²) in [5.41, 5.74) is 4.12. The quantitative estimate of drug-likeness (QED) is 0.327. The van der Waals surface area contributed by atoms with Gasteiger partial charge in [-0.15, -0.1) is 0 Å². The number of amides is 1. The van der Waals surface area contributed by atoms with Crippen molar-refractivity contribution in [2.45, 2.75) is 13.8 Å². The van der Waals surface area contributed by atoms with Crippen LogP contribution in [0.3, 0.4) is 0 Å². The van der Waals surface area contributed by atoms with E-state index in [1.165, 1.54) is 7.11 Å². The third-order valence-electron chi connectivity index (χ3n) is 4.58. The third-order valence-corrected chi connectivity index (χ3v) is 5.81. The lowest BCUT2D eigenvalue weighted by Gasteiger charge is -2.14. The molecule has 3 aromatic rings. The van der Waals surface area contributed by atoms with Crippen molar-refractivity contribution >= 4 is 62.6 Å². The number of rotatable bonds is 7. The van der Waals surface area contributed by atoms with E-state index in [0.717, 1.165) is 22.4 Å². The molecule has 0 fully saturated rings. The van der Waals surface area contributed by atoms with E-state index in [-0.39, 0.29) is 12.5 Å². The van der Waals surface area contributed by atoms with Crippen LogP contribution in [0.2, 0.25) is 10.0 Å². The van der Waals surface area contributed by atoms with Crippen molar-refractivity contribution in [1.82, 2.24) is 0 Å². The largest absolute Gasteiger partial charge is 0.493 e. The monoisotopic (exact) mass is 534 g/mol. The fourth-order valence-corrected chi connectivity index (χ4v) is 3.75. The Kier molecular flexibility index (Phi) is 8.18. The van der Waals surface area contributed by atoms with Gasteiger partial charge in [0.05, 0.1) is 17.3 Å². The van der Waals surface area contributed by atoms with E-state index in [1.807, 2.05) is 38.1 Å². The van der Waals surface area contributed by atoms with Crippen LogP contribution in [0.1, 0.15) is 16.7 Å². The summed E-state index contributed by atoms with van der Waals surface area (Å²) in [6, 6.07) is 14.5. The van der Waals surface area contributed by atoms with Crippen LogP contribution in [0.25, 0.3) is 0 Å². The van der Waals surface area contributed by atoms with Crippen molar-refractivity contribution in [1.29, 1.82) is 0 Å². The summed E-state index contributed by atoms with van der Waals surface area (Å²) in [6.45, 7) is 3.66. The van der Waals surface area contributed by atoms with Crippen LogP contribution < -0.4 is 14.8 Å². The Morgan fingerprint density at radius 1 is 1.09 bits per heavy atom. The van der Waals surface area contributed by atoms with Crippen LogP contribution in [-0.4, -0.2) is 25.8 Å². The smallest absolute Gasteiger partial charge is 0.262 e. The summed E-state index contributed by atoms with van der Waals surface area (Å²) in [5.74, 6) is 0.566. The van der Waals surface area contributed by atoms with E-state index in [1.54, 1.807) is 30.5 Å². The SMILES string of the molecule is COc1cc(C=Nc2cc(Cl)ccc2C)cc(Br)c1OCC(=O)Nc1ccc(C)c(Cl)c1. The predicted molar refractivity (Wildman–Crippen MR) is 134 cm³/mol. The van der Waals surface area contributed by atoms with Gasteiger partial charge < -0.3 is 14.8 Å². The van der Waals surface area contributed by atoms with Crippen LogP contribution in [0.5, 0.6) is 11.5 Å². The highest BCUT2D eigenvalue weighted by atomic mass is 79.9. The molecule has 1 N–H and O–H groups in total. The summed E-state index contributed by atoms with van der Waals surface area (Å²) in [4.78, 5) is 16.8. The molecule has 32 heavy (non-hydrogen) atoms. The summed E-state index contributed by atoms with van der Waals surface area (Å²) in [5, 5.41) is 3.96. The van der Waals surface area contributed by atoms with Crippen molar-refractivity contribution in [2.75, 3.05) is 19.0 Å². The maximum atomic E-state index is 12.3. The maximum Gasteiger partial charge on any atom is 0.262 e. The number of hydrogen-bond acceptors (Lipinski definition) is 4. The summed E-state index contributed by atoms with van der Waals surface area (Å²) >= 11 is 15.7. The number of carbonyl (C=O) groups excluding carboxylic acids is 1. The minimum Gasteiger partial charge on any atom is -0.493 e. The van der Waals surface area contributed by atoms with Gasteiger partial charge in [0.25, 0.3) is 5.91 Å². The molecule has 0 saturated carbocycles. The molecule has 5 nitrogen and oxygen atoms in total. The molecule has 3 rings (SSSR count). The number of aryl methyl sites for hydroxylation is 2. The molecule has 0 aliphatic heterocycles. The first-order valence-electron chi connectivity index (χ1n) is 9.63. The molecule has 0 saturated heterocycles. The molecule has 0 unspecified atom stereocenters. The second kappa shape index (κ2) is 10.9. The first kappa shape index (κ1) is 24.1. The van der Waals surface area contributed by atoms with Crippen molar-refractivity contribution in [3.63, 3.8) is 0 Å². The van der Waals surface area contributed by atoms with Crippen molar-refractivity contribution < 1.29 is 14.3 Å². The second-order valence-electron chi connectivity index (χ2n) is 7.02. The van der Waals surface area contributed by atoms with Gasteiger partial charge in [0.1, 0.15) is 0 Å². The summed E-state index contributed by atoms with van der Waals surface area (Å²) in [7, 11) is 1.53. The predicted octanol–water partition coefficient (Wildman–Crippen LogP) is 7.15. The average Bonchev–Trinajstić information content (AvgIpc) is 2.75. The highest BCUT2D eigenvalue weighted by molar-refractivity contribution is 9.10. The molecule has 3 aromatic carbocycles. The number of carbonyl (C=O) groups is 1. The minimum absolute atomic E-state index is 0.199. The molecule has 1 amide bonds. The second-order valence-corrected chi connectivity index (χ2v) is 8.72. The number of aliphatic imine (C=N–C) groups is 1. The van der Waals surface area contributed by atoms with Crippen molar-refractivity contribution in [3.8, 4) is 11.5 Å². The van der Waals surface area contributed by atoms with E-state index in [4.69, 9.17) is 32.7 Å². The van der Waals surface area contributed by atoms with E-state index >= 15 is 0 Å². The molecule has 0 aliphatic rings. The van der Waals surface area contributed by atoms with Gasteiger partial charge in [0.2, 0.25) is 0 Å². The number of anilines is 1. The summed E-state index contributed by atoms with van der Waals surface area (Å²) in [6.07, 6.45) is 1.71. The first-order chi connectivity index (χ1) is 15.3.